The maximum atomic E-state index is 11.9. The van der Waals surface area contributed by atoms with E-state index in [-0.39, 0.29) is 5.76 Å². The number of esters is 1. The zero-order valence-electron chi connectivity index (χ0n) is 10.6. The van der Waals surface area contributed by atoms with Crippen LogP contribution in [0.15, 0.2) is 46.6 Å². The van der Waals surface area contributed by atoms with E-state index in [0.29, 0.717) is 0 Å². The minimum absolute atomic E-state index is 0.209. The van der Waals surface area contributed by atoms with Gasteiger partial charge < -0.3 is 4.74 Å². The molecule has 5 heteroatoms. The van der Waals surface area contributed by atoms with Crippen LogP contribution >= 0.6 is 15.9 Å². The lowest BCUT2D eigenvalue weighted by molar-refractivity contribution is -0.151. The first-order chi connectivity index (χ1) is 9.47. The number of carbonyl (C=O) groups is 3. The van der Waals surface area contributed by atoms with E-state index in [4.69, 9.17) is 4.74 Å². The molecule has 1 aliphatic rings. The van der Waals surface area contributed by atoms with Crippen molar-refractivity contribution in [3.8, 4) is 0 Å². The Bertz CT molecular complexity index is 626. The fourth-order valence-electron chi connectivity index (χ4n) is 1.75. The fourth-order valence-corrected chi connectivity index (χ4v) is 2.02. The zero-order chi connectivity index (χ0) is 14.7. The molecule has 0 N–H and O–H groups in total. The summed E-state index contributed by atoms with van der Waals surface area (Å²) in [5.41, 5.74) is 0.796. The predicted octanol–water partition coefficient (Wildman–Crippen LogP) is 2.68. The van der Waals surface area contributed by atoms with E-state index >= 15 is 0 Å². The Morgan fingerprint density at radius 2 is 1.90 bits per heavy atom. The van der Waals surface area contributed by atoms with Crippen molar-refractivity contribution in [1.29, 1.82) is 0 Å². The van der Waals surface area contributed by atoms with Gasteiger partial charge in [-0.2, -0.15) is 0 Å². The third kappa shape index (κ3) is 3.30. The third-order valence-electron chi connectivity index (χ3n) is 2.72. The molecule has 0 saturated heterocycles. The highest BCUT2D eigenvalue weighted by Crippen LogP contribution is 2.17. The molecule has 1 aromatic rings. The van der Waals surface area contributed by atoms with Gasteiger partial charge in [0.15, 0.2) is 17.5 Å². The van der Waals surface area contributed by atoms with Crippen LogP contribution in [0.3, 0.4) is 0 Å². The second kappa shape index (κ2) is 5.96. The standard InChI is InChI=1S/C15H11BrO4/c1-9-8-13(18)14(15(19)20-9)12(17)7-4-10-2-5-11(16)6-3-10/h2-8,14H,1H3/b7-4+. The number of allylic oxidation sites excluding steroid dienone is 3. The van der Waals surface area contributed by atoms with Gasteiger partial charge in [0.05, 0.1) is 0 Å². The van der Waals surface area contributed by atoms with Crippen LogP contribution in [0, 0.1) is 5.92 Å². The highest BCUT2D eigenvalue weighted by atomic mass is 79.9. The molecule has 1 heterocycles. The van der Waals surface area contributed by atoms with E-state index in [1.807, 2.05) is 12.1 Å². The lowest BCUT2D eigenvalue weighted by Gasteiger charge is -2.15. The molecule has 0 aliphatic carbocycles. The molecule has 20 heavy (non-hydrogen) atoms. The second-order valence-electron chi connectivity index (χ2n) is 4.30. The fraction of sp³-hybridized carbons (Fsp3) is 0.133. The maximum absolute atomic E-state index is 11.9. The van der Waals surface area contributed by atoms with E-state index in [9.17, 15) is 14.4 Å². The number of hydrogen-bond donors (Lipinski definition) is 0. The lowest BCUT2D eigenvalue weighted by atomic mass is 9.96. The summed E-state index contributed by atoms with van der Waals surface area (Å²) in [6, 6.07) is 7.27. The quantitative estimate of drug-likeness (QED) is 0.484. The molecule has 2 rings (SSSR count). The van der Waals surface area contributed by atoms with Crippen LogP contribution in [-0.2, 0) is 19.1 Å². The van der Waals surface area contributed by atoms with Gasteiger partial charge in [-0.05, 0) is 30.7 Å². The Morgan fingerprint density at radius 1 is 1.25 bits per heavy atom. The summed E-state index contributed by atoms with van der Waals surface area (Å²) in [5.74, 6) is -3.11. The largest absolute Gasteiger partial charge is 0.430 e. The van der Waals surface area contributed by atoms with Gasteiger partial charge in [-0.3, -0.25) is 14.4 Å². The first kappa shape index (κ1) is 14.4. The molecular weight excluding hydrogens is 324 g/mol. The number of hydrogen-bond acceptors (Lipinski definition) is 4. The summed E-state index contributed by atoms with van der Waals surface area (Å²) >= 11 is 3.31. The molecule has 4 nitrogen and oxygen atoms in total. The van der Waals surface area contributed by atoms with Crippen molar-refractivity contribution < 1.29 is 19.1 Å². The van der Waals surface area contributed by atoms with E-state index in [0.717, 1.165) is 16.1 Å². The van der Waals surface area contributed by atoms with Crippen molar-refractivity contribution in [2.75, 3.05) is 0 Å². The Hall–Kier alpha value is -2.01. The predicted molar refractivity (Wildman–Crippen MR) is 76.5 cm³/mol. The molecule has 1 unspecified atom stereocenters. The van der Waals surface area contributed by atoms with E-state index in [2.05, 4.69) is 15.9 Å². The van der Waals surface area contributed by atoms with Crippen molar-refractivity contribution in [3.63, 3.8) is 0 Å². The number of ether oxygens (including phenoxy) is 1. The van der Waals surface area contributed by atoms with Crippen molar-refractivity contribution in [2.24, 2.45) is 5.92 Å². The lowest BCUT2D eigenvalue weighted by Crippen LogP contribution is -2.34. The third-order valence-corrected chi connectivity index (χ3v) is 3.25. The molecule has 0 fully saturated rings. The van der Waals surface area contributed by atoms with Crippen LogP contribution in [0.25, 0.3) is 6.08 Å². The van der Waals surface area contributed by atoms with Crippen LogP contribution < -0.4 is 0 Å². The molecule has 1 aliphatic heterocycles. The smallest absolute Gasteiger partial charge is 0.329 e. The maximum Gasteiger partial charge on any atom is 0.329 e. The van der Waals surface area contributed by atoms with Crippen LogP contribution in [0.1, 0.15) is 12.5 Å². The number of cyclic esters (lactones) is 1. The van der Waals surface area contributed by atoms with Crippen LogP contribution in [0.5, 0.6) is 0 Å². The van der Waals surface area contributed by atoms with Gasteiger partial charge in [-0.25, -0.2) is 0 Å². The SMILES string of the molecule is CC1=CC(=O)C(C(=O)/C=C/c2ccc(Br)cc2)C(=O)O1. The average Bonchev–Trinajstić information content (AvgIpc) is 2.37. The van der Waals surface area contributed by atoms with Gasteiger partial charge in [0, 0.05) is 10.5 Å². The van der Waals surface area contributed by atoms with Crippen molar-refractivity contribution in [2.45, 2.75) is 6.92 Å². The molecule has 0 bridgehead atoms. The molecule has 102 valence electrons. The van der Waals surface area contributed by atoms with Crippen molar-refractivity contribution >= 4 is 39.5 Å². The van der Waals surface area contributed by atoms with Gasteiger partial charge in [0.25, 0.3) is 0 Å². The van der Waals surface area contributed by atoms with E-state index in [1.165, 1.54) is 13.0 Å². The minimum atomic E-state index is -1.38. The monoisotopic (exact) mass is 334 g/mol. The van der Waals surface area contributed by atoms with Crippen molar-refractivity contribution in [3.05, 3.63) is 52.2 Å². The average molecular weight is 335 g/mol. The van der Waals surface area contributed by atoms with Crippen LogP contribution in [0.4, 0.5) is 0 Å². The number of carbonyl (C=O) groups excluding carboxylic acids is 3. The first-order valence-electron chi connectivity index (χ1n) is 5.89. The molecule has 0 saturated carbocycles. The van der Waals surface area contributed by atoms with Gasteiger partial charge in [0.1, 0.15) is 5.76 Å². The highest BCUT2D eigenvalue weighted by molar-refractivity contribution is 9.10. The topological polar surface area (TPSA) is 60.4 Å². The number of rotatable bonds is 3. The first-order valence-corrected chi connectivity index (χ1v) is 6.68. The summed E-state index contributed by atoms with van der Waals surface area (Å²) in [4.78, 5) is 35.2. The van der Waals surface area contributed by atoms with E-state index in [1.54, 1.807) is 18.2 Å². The van der Waals surface area contributed by atoms with Crippen LogP contribution in [0.2, 0.25) is 0 Å². The molecule has 0 spiro atoms. The van der Waals surface area contributed by atoms with Crippen LogP contribution in [-0.4, -0.2) is 17.5 Å². The van der Waals surface area contributed by atoms with Gasteiger partial charge in [-0.1, -0.05) is 34.1 Å². The summed E-state index contributed by atoms with van der Waals surface area (Å²) in [5, 5.41) is 0. The van der Waals surface area contributed by atoms with Gasteiger partial charge in [-0.15, -0.1) is 0 Å². The Kier molecular flexibility index (Phi) is 4.29. The molecule has 0 radical (unpaired) electrons. The zero-order valence-corrected chi connectivity index (χ0v) is 12.2. The summed E-state index contributed by atoms with van der Waals surface area (Å²) in [7, 11) is 0. The molecule has 0 amide bonds. The highest BCUT2D eigenvalue weighted by Gasteiger charge is 2.36. The summed E-state index contributed by atoms with van der Waals surface area (Å²) < 4.78 is 5.72. The second-order valence-corrected chi connectivity index (χ2v) is 5.21. The normalized spacial score (nSPS) is 18.9. The number of ketones is 2. The molecule has 1 aromatic carbocycles. The Morgan fingerprint density at radius 3 is 2.50 bits per heavy atom. The number of benzene rings is 1. The molecule has 0 aromatic heterocycles. The van der Waals surface area contributed by atoms with Gasteiger partial charge >= 0.3 is 5.97 Å². The van der Waals surface area contributed by atoms with E-state index < -0.39 is 23.5 Å². The Labute approximate surface area is 124 Å². The van der Waals surface area contributed by atoms with Gasteiger partial charge in [0.2, 0.25) is 0 Å². The van der Waals surface area contributed by atoms with Crippen molar-refractivity contribution in [1.82, 2.24) is 0 Å². The number of halogens is 1. The Balaban J connectivity index is 2.14. The minimum Gasteiger partial charge on any atom is -0.430 e. The summed E-state index contributed by atoms with van der Waals surface area (Å²) in [6.07, 6.45) is 3.94. The molecular formula is C15H11BrO4. The molecule has 1 atom stereocenters. The summed E-state index contributed by atoms with van der Waals surface area (Å²) in [6.45, 7) is 1.49.